The number of nitrogens with one attached hydrogen (secondary N) is 1. The molecule has 0 saturated heterocycles. The highest BCUT2D eigenvalue weighted by atomic mass is 16.2. The molecule has 0 aromatic heterocycles. The first-order valence-electron chi connectivity index (χ1n) is 7.77. The van der Waals surface area contributed by atoms with Crippen LogP contribution in [0.2, 0.25) is 0 Å². The normalized spacial score (nSPS) is 16.7. The van der Waals surface area contributed by atoms with E-state index in [9.17, 15) is 9.59 Å². The van der Waals surface area contributed by atoms with Gasteiger partial charge in [-0.1, -0.05) is 31.5 Å². The Morgan fingerprint density at radius 1 is 1.33 bits per heavy atom. The molecule has 1 atom stereocenters. The number of anilines is 1. The lowest BCUT2D eigenvalue weighted by atomic mass is 9.98. The molecule has 2 rings (SSSR count). The Kier molecular flexibility index (Phi) is 5.37. The molecule has 4 nitrogen and oxygen atoms in total. The number of nitrogens with zero attached hydrogens (tertiary/aromatic N) is 1. The van der Waals surface area contributed by atoms with Gasteiger partial charge in [-0.2, -0.15) is 0 Å². The Balaban J connectivity index is 1.90. The Bertz CT molecular complexity index is 513. The van der Waals surface area contributed by atoms with E-state index in [2.05, 4.69) is 18.3 Å². The summed E-state index contributed by atoms with van der Waals surface area (Å²) >= 11 is 0. The standard InChI is InChI=1S/C17H24N2O2/c1-3-4-9-17(21)18-11-10-14-12-19(13(2)20)16-8-6-5-7-15(14)16/h5-8,14H,3-4,9-12H2,1-2H3,(H,18,21). The van der Waals surface area contributed by atoms with Crippen LogP contribution in [0.4, 0.5) is 5.69 Å². The van der Waals surface area contributed by atoms with Crippen molar-refractivity contribution in [2.75, 3.05) is 18.0 Å². The molecule has 0 aliphatic carbocycles. The molecular weight excluding hydrogens is 264 g/mol. The highest BCUT2D eigenvalue weighted by Gasteiger charge is 2.29. The molecule has 4 heteroatoms. The van der Waals surface area contributed by atoms with Gasteiger partial charge in [-0.05, 0) is 24.5 Å². The number of hydrogen-bond acceptors (Lipinski definition) is 2. The third-order valence-corrected chi connectivity index (χ3v) is 4.02. The number of benzene rings is 1. The molecule has 0 bridgehead atoms. The van der Waals surface area contributed by atoms with E-state index in [0.717, 1.165) is 31.5 Å². The average Bonchev–Trinajstić information content (AvgIpc) is 2.84. The second-order valence-electron chi connectivity index (χ2n) is 5.63. The first-order valence-corrected chi connectivity index (χ1v) is 7.77. The Hall–Kier alpha value is -1.84. The molecule has 1 aromatic rings. The molecule has 1 aromatic carbocycles. The first-order chi connectivity index (χ1) is 10.1. The van der Waals surface area contributed by atoms with Crippen LogP contribution in [0.15, 0.2) is 24.3 Å². The van der Waals surface area contributed by atoms with Crippen LogP contribution in [-0.4, -0.2) is 24.9 Å². The zero-order valence-electron chi connectivity index (χ0n) is 12.9. The van der Waals surface area contributed by atoms with Gasteiger partial charge in [-0.15, -0.1) is 0 Å². The highest BCUT2D eigenvalue weighted by Crippen LogP contribution is 2.37. The van der Waals surface area contributed by atoms with Gasteiger partial charge in [0.25, 0.3) is 0 Å². The Morgan fingerprint density at radius 2 is 2.10 bits per heavy atom. The number of para-hydroxylation sites is 1. The predicted molar refractivity (Wildman–Crippen MR) is 84.4 cm³/mol. The van der Waals surface area contributed by atoms with Crippen molar-refractivity contribution in [3.63, 3.8) is 0 Å². The lowest BCUT2D eigenvalue weighted by Gasteiger charge is -2.15. The van der Waals surface area contributed by atoms with Gasteiger partial charge in [0.05, 0.1) is 0 Å². The molecular formula is C17H24N2O2. The van der Waals surface area contributed by atoms with E-state index in [1.807, 2.05) is 23.1 Å². The van der Waals surface area contributed by atoms with E-state index in [0.29, 0.717) is 18.9 Å². The molecule has 0 fully saturated rings. The minimum atomic E-state index is 0.0805. The van der Waals surface area contributed by atoms with E-state index in [1.165, 1.54) is 5.56 Å². The summed E-state index contributed by atoms with van der Waals surface area (Å²) in [6, 6.07) is 8.05. The Morgan fingerprint density at radius 3 is 2.81 bits per heavy atom. The summed E-state index contributed by atoms with van der Waals surface area (Å²) in [6.45, 7) is 5.08. The van der Waals surface area contributed by atoms with E-state index < -0.39 is 0 Å². The predicted octanol–water partition coefficient (Wildman–Crippen LogP) is 2.83. The molecule has 1 heterocycles. The third-order valence-electron chi connectivity index (χ3n) is 4.02. The molecule has 1 aliphatic heterocycles. The third kappa shape index (κ3) is 3.84. The van der Waals surface area contributed by atoms with Crippen LogP contribution in [0, 0.1) is 0 Å². The van der Waals surface area contributed by atoms with E-state index >= 15 is 0 Å². The van der Waals surface area contributed by atoms with E-state index in [4.69, 9.17) is 0 Å². The summed E-state index contributed by atoms with van der Waals surface area (Å²) in [5, 5.41) is 2.98. The van der Waals surface area contributed by atoms with Crippen LogP contribution in [0.25, 0.3) is 0 Å². The summed E-state index contributed by atoms with van der Waals surface area (Å²) in [5.41, 5.74) is 2.24. The molecule has 0 radical (unpaired) electrons. The van der Waals surface area contributed by atoms with Crippen LogP contribution in [0.1, 0.15) is 51.0 Å². The van der Waals surface area contributed by atoms with Crippen molar-refractivity contribution in [3.05, 3.63) is 29.8 Å². The van der Waals surface area contributed by atoms with Gasteiger partial charge in [0, 0.05) is 38.0 Å². The van der Waals surface area contributed by atoms with Gasteiger partial charge in [0.2, 0.25) is 11.8 Å². The van der Waals surface area contributed by atoms with E-state index in [1.54, 1.807) is 6.92 Å². The summed E-state index contributed by atoms with van der Waals surface area (Å²) in [4.78, 5) is 25.2. The van der Waals surface area contributed by atoms with Crippen LogP contribution in [-0.2, 0) is 9.59 Å². The van der Waals surface area contributed by atoms with Crippen LogP contribution in [0.5, 0.6) is 0 Å². The van der Waals surface area contributed by atoms with Crippen LogP contribution in [0.3, 0.4) is 0 Å². The summed E-state index contributed by atoms with van der Waals surface area (Å²) in [7, 11) is 0. The number of carbonyl (C=O) groups excluding carboxylic acids is 2. The average molecular weight is 288 g/mol. The quantitative estimate of drug-likeness (QED) is 0.875. The molecule has 114 valence electrons. The number of amides is 2. The maximum Gasteiger partial charge on any atom is 0.223 e. The van der Waals surface area contributed by atoms with Crippen molar-refractivity contribution >= 4 is 17.5 Å². The fourth-order valence-electron chi connectivity index (χ4n) is 2.85. The fourth-order valence-corrected chi connectivity index (χ4v) is 2.85. The first kappa shape index (κ1) is 15.5. The van der Waals surface area contributed by atoms with Crippen molar-refractivity contribution in [3.8, 4) is 0 Å². The summed E-state index contributed by atoms with van der Waals surface area (Å²) in [5.74, 6) is 0.528. The number of carbonyl (C=O) groups is 2. The molecule has 1 aliphatic rings. The molecule has 0 saturated carbocycles. The zero-order valence-corrected chi connectivity index (χ0v) is 12.9. The van der Waals surface area contributed by atoms with Crippen molar-refractivity contribution in [1.29, 1.82) is 0 Å². The van der Waals surface area contributed by atoms with Gasteiger partial charge in [-0.3, -0.25) is 9.59 Å². The molecule has 1 N–H and O–H groups in total. The topological polar surface area (TPSA) is 49.4 Å². The summed E-state index contributed by atoms with van der Waals surface area (Å²) in [6.07, 6.45) is 3.46. The molecule has 21 heavy (non-hydrogen) atoms. The largest absolute Gasteiger partial charge is 0.356 e. The monoisotopic (exact) mass is 288 g/mol. The van der Waals surface area contributed by atoms with Crippen molar-refractivity contribution in [1.82, 2.24) is 5.32 Å². The SMILES string of the molecule is CCCCC(=O)NCCC1CN(C(C)=O)c2ccccc21. The number of unbranched alkanes of at least 4 members (excludes halogenated alkanes) is 1. The molecule has 2 amide bonds. The molecule has 0 spiro atoms. The minimum absolute atomic E-state index is 0.0805. The van der Waals surface area contributed by atoms with Crippen LogP contribution < -0.4 is 10.2 Å². The maximum absolute atomic E-state index is 11.7. The second-order valence-corrected chi connectivity index (χ2v) is 5.63. The number of fused-ring (bicyclic) bond motifs is 1. The molecule has 1 unspecified atom stereocenters. The second kappa shape index (κ2) is 7.25. The smallest absolute Gasteiger partial charge is 0.223 e. The van der Waals surface area contributed by atoms with Gasteiger partial charge in [-0.25, -0.2) is 0 Å². The summed E-state index contributed by atoms with van der Waals surface area (Å²) < 4.78 is 0. The highest BCUT2D eigenvalue weighted by molar-refractivity contribution is 5.94. The lowest BCUT2D eigenvalue weighted by Crippen LogP contribution is -2.29. The minimum Gasteiger partial charge on any atom is -0.356 e. The van der Waals surface area contributed by atoms with Crippen molar-refractivity contribution in [2.24, 2.45) is 0 Å². The van der Waals surface area contributed by atoms with Gasteiger partial charge >= 0.3 is 0 Å². The van der Waals surface area contributed by atoms with Crippen molar-refractivity contribution in [2.45, 2.75) is 45.4 Å². The fraction of sp³-hybridized carbons (Fsp3) is 0.529. The maximum atomic E-state index is 11.7. The van der Waals surface area contributed by atoms with Crippen LogP contribution >= 0.6 is 0 Å². The van der Waals surface area contributed by atoms with Gasteiger partial charge in [0.15, 0.2) is 0 Å². The van der Waals surface area contributed by atoms with E-state index in [-0.39, 0.29) is 11.8 Å². The number of rotatable bonds is 6. The van der Waals surface area contributed by atoms with Gasteiger partial charge in [0.1, 0.15) is 0 Å². The lowest BCUT2D eigenvalue weighted by molar-refractivity contribution is -0.121. The number of hydrogen-bond donors (Lipinski definition) is 1. The van der Waals surface area contributed by atoms with Crippen molar-refractivity contribution < 1.29 is 9.59 Å². The zero-order chi connectivity index (χ0) is 15.2. The van der Waals surface area contributed by atoms with Gasteiger partial charge < -0.3 is 10.2 Å². The Labute approximate surface area is 126 Å².